The van der Waals surface area contributed by atoms with Gasteiger partial charge >= 0.3 is 5.97 Å². The lowest BCUT2D eigenvalue weighted by atomic mass is 10.1. The molecule has 2 rings (SSSR count). The molecule has 0 aromatic heterocycles. The van der Waals surface area contributed by atoms with E-state index in [1.807, 2.05) is 6.92 Å². The Labute approximate surface area is 139 Å². The Morgan fingerprint density at radius 3 is 2.83 bits per heavy atom. The number of carbonyl (C=O) groups excluding carboxylic acids is 1. The van der Waals surface area contributed by atoms with E-state index < -0.39 is 12.6 Å². The molecular weight excluding hydrogens is 322 g/mol. The molecule has 2 atom stereocenters. The maximum Gasteiger partial charge on any atom is 0.341 e. The molecule has 0 saturated carbocycles. The number of anilines is 1. The highest BCUT2D eigenvalue weighted by molar-refractivity contribution is 6.32. The van der Waals surface area contributed by atoms with Crippen molar-refractivity contribution in [1.82, 2.24) is 0 Å². The van der Waals surface area contributed by atoms with Crippen molar-refractivity contribution in [2.45, 2.75) is 44.8 Å². The first kappa shape index (κ1) is 17.6. The van der Waals surface area contributed by atoms with Crippen molar-refractivity contribution in [2.24, 2.45) is 0 Å². The number of carboxylic acids is 1. The first-order valence-electron chi connectivity index (χ1n) is 7.53. The SMILES string of the molecule is CC1CCC(CCC(=O)Nc2ccc(OCC(=O)O)c(Cl)c2)O1. The van der Waals surface area contributed by atoms with Gasteiger partial charge in [-0.1, -0.05) is 11.6 Å². The summed E-state index contributed by atoms with van der Waals surface area (Å²) in [6, 6.07) is 4.68. The second kappa shape index (κ2) is 8.17. The van der Waals surface area contributed by atoms with Crippen LogP contribution in [0.4, 0.5) is 5.69 Å². The van der Waals surface area contributed by atoms with Crippen LogP contribution in [-0.4, -0.2) is 35.8 Å². The topological polar surface area (TPSA) is 84.9 Å². The van der Waals surface area contributed by atoms with E-state index in [9.17, 15) is 9.59 Å². The van der Waals surface area contributed by atoms with Gasteiger partial charge < -0.3 is 19.9 Å². The summed E-state index contributed by atoms with van der Waals surface area (Å²) < 4.78 is 10.7. The van der Waals surface area contributed by atoms with E-state index in [1.54, 1.807) is 6.07 Å². The van der Waals surface area contributed by atoms with Gasteiger partial charge in [-0.2, -0.15) is 0 Å². The molecular formula is C16H20ClNO5. The molecule has 1 aromatic rings. The Balaban J connectivity index is 1.81. The Bertz CT molecular complexity index is 578. The molecule has 1 aromatic carbocycles. The molecule has 6 nitrogen and oxygen atoms in total. The number of hydrogen-bond donors (Lipinski definition) is 2. The molecule has 1 aliphatic rings. The average molecular weight is 342 g/mol. The fraction of sp³-hybridized carbons (Fsp3) is 0.500. The maximum absolute atomic E-state index is 11.9. The number of hydrogen-bond acceptors (Lipinski definition) is 4. The molecule has 0 radical (unpaired) electrons. The minimum atomic E-state index is -1.08. The molecule has 2 unspecified atom stereocenters. The summed E-state index contributed by atoms with van der Waals surface area (Å²) in [7, 11) is 0. The van der Waals surface area contributed by atoms with Gasteiger partial charge in [-0.15, -0.1) is 0 Å². The van der Waals surface area contributed by atoms with Gasteiger partial charge in [-0.3, -0.25) is 4.79 Å². The van der Waals surface area contributed by atoms with Crippen molar-refractivity contribution in [2.75, 3.05) is 11.9 Å². The van der Waals surface area contributed by atoms with Crippen molar-refractivity contribution in [3.8, 4) is 5.75 Å². The van der Waals surface area contributed by atoms with E-state index in [1.165, 1.54) is 12.1 Å². The number of aliphatic carboxylic acids is 1. The number of carboxylic acid groups (broad SMARTS) is 1. The highest BCUT2D eigenvalue weighted by atomic mass is 35.5. The highest BCUT2D eigenvalue weighted by Crippen LogP contribution is 2.28. The Morgan fingerprint density at radius 1 is 1.43 bits per heavy atom. The average Bonchev–Trinajstić information content (AvgIpc) is 2.90. The normalized spacial score (nSPS) is 20.3. The smallest absolute Gasteiger partial charge is 0.341 e. The van der Waals surface area contributed by atoms with Crippen molar-refractivity contribution < 1.29 is 24.2 Å². The predicted octanol–water partition coefficient (Wildman–Crippen LogP) is 3.09. The van der Waals surface area contributed by atoms with E-state index in [0.29, 0.717) is 18.5 Å². The van der Waals surface area contributed by atoms with Crippen LogP contribution >= 0.6 is 11.6 Å². The lowest BCUT2D eigenvalue weighted by Gasteiger charge is -2.12. The van der Waals surface area contributed by atoms with Crippen LogP contribution in [0.1, 0.15) is 32.6 Å². The van der Waals surface area contributed by atoms with E-state index in [0.717, 1.165) is 12.8 Å². The van der Waals surface area contributed by atoms with Gasteiger partial charge in [-0.25, -0.2) is 4.79 Å². The van der Waals surface area contributed by atoms with Crippen LogP contribution < -0.4 is 10.1 Å². The molecule has 126 valence electrons. The van der Waals surface area contributed by atoms with Crippen molar-refractivity contribution in [1.29, 1.82) is 0 Å². The minimum absolute atomic E-state index is 0.108. The molecule has 1 aliphatic heterocycles. The van der Waals surface area contributed by atoms with Crippen LogP contribution in [0, 0.1) is 0 Å². The quantitative estimate of drug-likeness (QED) is 0.796. The summed E-state index contributed by atoms with van der Waals surface area (Å²) in [6.07, 6.45) is 3.55. The van der Waals surface area contributed by atoms with E-state index >= 15 is 0 Å². The lowest BCUT2D eigenvalue weighted by Crippen LogP contribution is -2.16. The third kappa shape index (κ3) is 5.73. The van der Waals surface area contributed by atoms with Crippen LogP contribution in [0.5, 0.6) is 5.75 Å². The number of benzene rings is 1. The van der Waals surface area contributed by atoms with Gasteiger partial charge in [0.15, 0.2) is 6.61 Å². The van der Waals surface area contributed by atoms with Crippen LogP contribution in [-0.2, 0) is 14.3 Å². The van der Waals surface area contributed by atoms with E-state index in [-0.39, 0.29) is 28.9 Å². The fourth-order valence-electron chi connectivity index (χ4n) is 2.45. The molecule has 1 amide bonds. The van der Waals surface area contributed by atoms with Gasteiger partial charge in [-0.05, 0) is 44.4 Å². The van der Waals surface area contributed by atoms with Gasteiger partial charge in [0.2, 0.25) is 5.91 Å². The largest absolute Gasteiger partial charge is 0.480 e. The zero-order valence-corrected chi connectivity index (χ0v) is 13.6. The molecule has 0 spiro atoms. The summed E-state index contributed by atoms with van der Waals surface area (Å²) in [4.78, 5) is 22.4. The molecule has 23 heavy (non-hydrogen) atoms. The standard InChI is InChI=1S/C16H20ClNO5/c1-10-2-4-12(23-10)5-7-15(19)18-11-3-6-14(13(17)8-11)22-9-16(20)21/h3,6,8,10,12H,2,4-5,7,9H2,1H3,(H,18,19)(H,20,21). The molecule has 0 aliphatic carbocycles. The summed E-state index contributed by atoms with van der Waals surface area (Å²) >= 11 is 6.00. The predicted molar refractivity (Wildman–Crippen MR) is 86.0 cm³/mol. The van der Waals surface area contributed by atoms with Crippen molar-refractivity contribution in [3.63, 3.8) is 0 Å². The summed E-state index contributed by atoms with van der Waals surface area (Å²) in [5, 5.41) is 11.6. The van der Waals surface area contributed by atoms with Crippen LogP contribution in [0.25, 0.3) is 0 Å². The summed E-state index contributed by atoms with van der Waals surface area (Å²) in [5.74, 6) is -0.925. The Hall–Kier alpha value is -1.79. The summed E-state index contributed by atoms with van der Waals surface area (Å²) in [6.45, 7) is 1.57. The molecule has 0 bridgehead atoms. The van der Waals surface area contributed by atoms with Crippen molar-refractivity contribution >= 4 is 29.2 Å². The minimum Gasteiger partial charge on any atom is -0.480 e. The number of rotatable bonds is 7. The number of amides is 1. The number of carbonyl (C=O) groups is 2. The van der Waals surface area contributed by atoms with Gasteiger partial charge in [0.05, 0.1) is 17.2 Å². The van der Waals surface area contributed by atoms with Crippen LogP contribution in [0.15, 0.2) is 18.2 Å². The second-order valence-electron chi connectivity index (χ2n) is 5.56. The monoisotopic (exact) mass is 341 g/mol. The van der Waals surface area contributed by atoms with Gasteiger partial charge in [0.25, 0.3) is 0 Å². The maximum atomic E-state index is 11.9. The molecule has 1 saturated heterocycles. The molecule has 1 heterocycles. The third-order valence-corrected chi connectivity index (χ3v) is 3.88. The van der Waals surface area contributed by atoms with Crippen LogP contribution in [0.3, 0.4) is 0 Å². The molecule has 7 heteroatoms. The van der Waals surface area contributed by atoms with Gasteiger partial charge in [0.1, 0.15) is 5.75 Å². The fourth-order valence-corrected chi connectivity index (χ4v) is 2.68. The first-order valence-corrected chi connectivity index (χ1v) is 7.91. The lowest BCUT2D eigenvalue weighted by molar-refractivity contribution is -0.139. The first-order chi connectivity index (χ1) is 10.9. The number of nitrogens with one attached hydrogen (secondary N) is 1. The van der Waals surface area contributed by atoms with E-state index in [2.05, 4.69) is 5.32 Å². The van der Waals surface area contributed by atoms with Crippen LogP contribution in [0.2, 0.25) is 5.02 Å². The highest BCUT2D eigenvalue weighted by Gasteiger charge is 2.22. The number of ether oxygens (including phenoxy) is 2. The summed E-state index contributed by atoms with van der Waals surface area (Å²) in [5.41, 5.74) is 0.545. The zero-order valence-electron chi connectivity index (χ0n) is 12.9. The van der Waals surface area contributed by atoms with Crippen molar-refractivity contribution in [3.05, 3.63) is 23.2 Å². The zero-order chi connectivity index (χ0) is 16.8. The van der Waals surface area contributed by atoms with E-state index in [4.69, 9.17) is 26.2 Å². The second-order valence-corrected chi connectivity index (χ2v) is 5.97. The Kier molecular flexibility index (Phi) is 6.24. The Morgan fingerprint density at radius 2 is 2.22 bits per heavy atom. The third-order valence-electron chi connectivity index (χ3n) is 3.58. The molecule has 1 fully saturated rings. The molecule has 2 N–H and O–H groups in total. The number of halogens is 1. The van der Waals surface area contributed by atoms with Gasteiger partial charge in [0, 0.05) is 12.1 Å².